The van der Waals surface area contributed by atoms with Gasteiger partial charge >= 0.3 is 0 Å². The Hall–Kier alpha value is -3.76. The number of piperazine rings is 1. The summed E-state index contributed by atoms with van der Waals surface area (Å²) in [6, 6.07) is 13.3. The number of hydrogen-bond donors (Lipinski definition) is 0. The van der Waals surface area contributed by atoms with E-state index in [0.717, 1.165) is 26.2 Å². The van der Waals surface area contributed by atoms with Crippen molar-refractivity contribution in [1.82, 2.24) is 19.7 Å². The van der Waals surface area contributed by atoms with Gasteiger partial charge < -0.3 is 19.0 Å². The van der Waals surface area contributed by atoms with E-state index in [1.807, 2.05) is 14.1 Å². The van der Waals surface area contributed by atoms with E-state index in [1.54, 1.807) is 54.5 Å². The molecule has 0 unspecified atom stereocenters. The molecule has 10 heteroatoms. The molecule has 0 atom stereocenters. The number of para-hydroxylation sites is 1. The van der Waals surface area contributed by atoms with Gasteiger partial charge in [-0.3, -0.25) is 19.8 Å². The van der Waals surface area contributed by atoms with Gasteiger partial charge in [0.25, 0.3) is 11.6 Å². The Morgan fingerprint density at radius 1 is 1.11 bits per heavy atom. The highest BCUT2D eigenvalue weighted by Gasteiger charge is 2.31. The summed E-state index contributed by atoms with van der Waals surface area (Å²) in [6.45, 7) is 4.49. The van der Waals surface area contributed by atoms with Crippen LogP contribution in [0, 0.1) is 10.1 Å². The second kappa shape index (κ2) is 10.7. The van der Waals surface area contributed by atoms with Gasteiger partial charge in [0, 0.05) is 50.9 Å². The van der Waals surface area contributed by atoms with E-state index in [-0.39, 0.29) is 34.5 Å². The monoisotopic (exact) mass is 479 g/mol. The Morgan fingerprint density at radius 3 is 2.43 bits per heavy atom. The smallest absolute Gasteiger partial charge is 0.280 e. The molecule has 0 radical (unpaired) electrons. The van der Waals surface area contributed by atoms with Gasteiger partial charge in [-0.25, -0.2) is 4.98 Å². The third kappa shape index (κ3) is 5.50. The van der Waals surface area contributed by atoms with E-state index >= 15 is 0 Å². The topological polar surface area (TPSA) is 105 Å². The highest BCUT2D eigenvalue weighted by atomic mass is 16.6. The summed E-state index contributed by atoms with van der Waals surface area (Å²) in [5, 5.41) is 11.7. The lowest BCUT2D eigenvalue weighted by molar-refractivity contribution is -0.384. The molecule has 1 aliphatic heterocycles. The fraction of sp³-hybridized carbons (Fsp3) is 0.360. The van der Waals surface area contributed by atoms with E-state index in [0.29, 0.717) is 24.4 Å². The van der Waals surface area contributed by atoms with Gasteiger partial charge in [-0.15, -0.1) is 0 Å². The molecule has 2 aromatic carbocycles. The van der Waals surface area contributed by atoms with Crippen LogP contribution >= 0.6 is 0 Å². The van der Waals surface area contributed by atoms with Gasteiger partial charge in [-0.1, -0.05) is 12.1 Å². The molecule has 2 heterocycles. The zero-order valence-electron chi connectivity index (χ0n) is 20.1. The van der Waals surface area contributed by atoms with Crippen LogP contribution in [0.2, 0.25) is 0 Å². The van der Waals surface area contributed by atoms with Crippen molar-refractivity contribution in [3.05, 3.63) is 64.3 Å². The highest BCUT2D eigenvalue weighted by Crippen LogP contribution is 2.36. The number of benzene rings is 2. The SMILES string of the molecule is COc1ccc(-c2nc(C(=O)N3CCN(CCN(C)C)CC3)c(-c3ccccc3[N+](=O)[O-])o2)cc1. The Balaban J connectivity index is 1.67. The van der Waals surface area contributed by atoms with Crippen LogP contribution in [0.1, 0.15) is 10.5 Å². The van der Waals surface area contributed by atoms with Crippen molar-refractivity contribution in [2.75, 3.05) is 60.5 Å². The van der Waals surface area contributed by atoms with Crippen molar-refractivity contribution < 1.29 is 18.9 Å². The zero-order chi connectivity index (χ0) is 24.9. The zero-order valence-corrected chi connectivity index (χ0v) is 20.1. The number of hydrogen-bond acceptors (Lipinski definition) is 8. The van der Waals surface area contributed by atoms with Crippen LogP contribution in [0.3, 0.4) is 0 Å². The lowest BCUT2D eigenvalue weighted by atomic mass is 10.1. The second-order valence-corrected chi connectivity index (χ2v) is 8.64. The number of likely N-dealkylation sites (N-methyl/N-ethyl adjacent to an activating group) is 1. The number of nitrogens with zero attached hydrogens (tertiary/aromatic N) is 5. The Morgan fingerprint density at radius 2 is 1.80 bits per heavy atom. The maximum absolute atomic E-state index is 13.6. The third-order valence-corrected chi connectivity index (χ3v) is 6.04. The molecule has 1 amide bonds. The number of carbonyl (C=O) groups is 1. The number of amides is 1. The van der Waals surface area contributed by atoms with Crippen LogP contribution in [-0.2, 0) is 0 Å². The summed E-state index contributed by atoms with van der Waals surface area (Å²) in [5.74, 6) is 0.688. The van der Waals surface area contributed by atoms with Crippen LogP contribution in [0.4, 0.5) is 5.69 Å². The minimum Gasteiger partial charge on any atom is -0.497 e. The van der Waals surface area contributed by atoms with Gasteiger partial charge in [-0.05, 0) is 44.4 Å². The summed E-state index contributed by atoms with van der Waals surface area (Å²) in [5.41, 5.74) is 0.787. The molecule has 184 valence electrons. The Kier molecular flexibility index (Phi) is 7.42. The number of carbonyl (C=O) groups excluding carboxylic acids is 1. The average Bonchev–Trinajstić information content (AvgIpc) is 3.32. The van der Waals surface area contributed by atoms with E-state index < -0.39 is 4.92 Å². The molecular weight excluding hydrogens is 450 g/mol. The molecule has 35 heavy (non-hydrogen) atoms. The Labute approximate surface area is 203 Å². The number of aromatic nitrogens is 1. The molecule has 4 rings (SSSR count). The maximum atomic E-state index is 13.6. The molecule has 1 aliphatic rings. The van der Waals surface area contributed by atoms with Crippen LogP contribution in [0.25, 0.3) is 22.8 Å². The summed E-state index contributed by atoms with van der Waals surface area (Å²) in [6.07, 6.45) is 0. The molecule has 1 saturated heterocycles. The van der Waals surface area contributed by atoms with Crippen molar-refractivity contribution in [3.63, 3.8) is 0 Å². The van der Waals surface area contributed by atoms with Gasteiger partial charge in [0.15, 0.2) is 11.5 Å². The van der Waals surface area contributed by atoms with Crippen LogP contribution in [0.15, 0.2) is 52.9 Å². The molecule has 0 spiro atoms. The molecular formula is C25H29N5O5. The third-order valence-electron chi connectivity index (χ3n) is 6.04. The van der Waals surface area contributed by atoms with Crippen LogP contribution < -0.4 is 4.74 Å². The number of rotatable bonds is 8. The molecule has 0 saturated carbocycles. The molecule has 0 N–H and O–H groups in total. The van der Waals surface area contributed by atoms with E-state index in [2.05, 4.69) is 14.8 Å². The molecule has 0 aliphatic carbocycles. The lowest BCUT2D eigenvalue weighted by Crippen LogP contribution is -2.50. The Bertz CT molecular complexity index is 1180. The lowest BCUT2D eigenvalue weighted by Gasteiger charge is -2.34. The quantitative estimate of drug-likeness (QED) is 0.358. The fourth-order valence-electron chi connectivity index (χ4n) is 4.00. The number of methoxy groups -OCH3 is 1. The van der Waals surface area contributed by atoms with Gasteiger partial charge in [0.1, 0.15) is 5.75 Å². The largest absolute Gasteiger partial charge is 0.497 e. The number of ether oxygens (including phenoxy) is 1. The minimum atomic E-state index is -0.483. The van der Waals surface area contributed by atoms with Crippen molar-refractivity contribution in [2.45, 2.75) is 0 Å². The fourth-order valence-corrected chi connectivity index (χ4v) is 4.00. The molecule has 10 nitrogen and oxygen atoms in total. The average molecular weight is 480 g/mol. The van der Waals surface area contributed by atoms with Crippen molar-refractivity contribution in [3.8, 4) is 28.5 Å². The summed E-state index contributed by atoms with van der Waals surface area (Å²) < 4.78 is 11.2. The van der Waals surface area contributed by atoms with Crippen LogP contribution in [-0.4, -0.2) is 91.0 Å². The summed E-state index contributed by atoms with van der Waals surface area (Å²) in [4.78, 5) is 35.5. The predicted octanol–water partition coefficient (Wildman–Crippen LogP) is 3.24. The van der Waals surface area contributed by atoms with Crippen molar-refractivity contribution >= 4 is 11.6 Å². The number of nitro benzene ring substituents is 1. The van der Waals surface area contributed by atoms with E-state index in [4.69, 9.17) is 9.15 Å². The minimum absolute atomic E-state index is 0.0758. The normalized spacial score (nSPS) is 14.3. The molecule has 1 fully saturated rings. The number of nitro groups is 1. The molecule has 3 aromatic rings. The first kappa shape index (κ1) is 24.4. The van der Waals surface area contributed by atoms with E-state index in [1.165, 1.54) is 6.07 Å². The second-order valence-electron chi connectivity index (χ2n) is 8.64. The number of oxazole rings is 1. The van der Waals surface area contributed by atoms with Gasteiger partial charge in [0.2, 0.25) is 5.89 Å². The van der Waals surface area contributed by atoms with Crippen LogP contribution in [0.5, 0.6) is 5.75 Å². The molecule has 1 aromatic heterocycles. The summed E-state index contributed by atoms with van der Waals surface area (Å²) in [7, 11) is 5.65. The van der Waals surface area contributed by atoms with Crippen molar-refractivity contribution in [2.24, 2.45) is 0 Å². The maximum Gasteiger partial charge on any atom is 0.280 e. The highest BCUT2D eigenvalue weighted by molar-refractivity contribution is 5.99. The first-order valence-corrected chi connectivity index (χ1v) is 11.4. The van der Waals surface area contributed by atoms with E-state index in [9.17, 15) is 14.9 Å². The summed E-state index contributed by atoms with van der Waals surface area (Å²) >= 11 is 0. The van der Waals surface area contributed by atoms with Gasteiger partial charge in [-0.2, -0.15) is 0 Å². The standard InChI is InChI=1S/C25H29N5O5/c1-27(2)12-13-28-14-16-29(17-15-28)25(31)22-23(20-6-4-5-7-21(20)30(32)33)35-24(26-22)18-8-10-19(34-3)11-9-18/h4-11H,12-17H2,1-3H3. The first-order chi connectivity index (χ1) is 16.9. The first-order valence-electron chi connectivity index (χ1n) is 11.4. The predicted molar refractivity (Wildman–Crippen MR) is 131 cm³/mol. The van der Waals surface area contributed by atoms with Crippen molar-refractivity contribution in [1.29, 1.82) is 0 Å². The molecule has 0 bridgehead atoms. The van der Waals surface area contributed by atoms with Gasteiger partial charge in [0.05, 0.1) is 17.6 Å².